The Kier molecular flexibility index (Phi) is 7.11. The van der Waals surface area contributed by atoms with Crippen molar-refractivity contribution in [2.24, 2.45) is 5.92 Å². The highest BCUT2D eigenvalue weighted by atomic mass is 35.5. The van der Waals surface area contributed by atoms with Gasteiger partial charge in [-0.2, -0.15) is 0 Å². The molecule has 1 aromatic rings. The van der Waals surface area contributed by atoms with Gasteiger partial charge in [-0.05, 0) is 38.8 Å². The van der Waals surface area contributed by atoms with Crippen molar-refractivity contribution in [1.29, 1.82) is 0 Å². The van der Waals surface area contributed by atoms with E-state index in [9.17, 15) is 4.79 Å². The number of halogens is 1. The second kappa shape index (κ2) is 8.34. The maximum atomic E-state index is 12.4. The minimum absolute atomic E-state index is 0. The van der Waals surface area contributed by atoms with Crippen LogP contribution in [0, 0.1) is 5.92 Å². The molecule has 0 aromatic carbocycles. The summed E-state index contributed by atoms with van der Waals surface area (Å²) in [5.74, 6) is 0.444. The normalized spacial score (nSPS) is 15.8. The van der Waals surface area contributed by atoms with Gasteiger partial charge in [-0.15, -0.1) is 17.5 Å². The summed E-state index contributed by atoms with van der Waals surface area (Å²) >= 11 is 0. The molecule has 0 bridgehead atoms. The number of hydrogen-bond donors (Lipinski definition) is 1. The van der Waals surface area contributed by atoms with Gasteiger partial charge in [0, 0.05) is 13.1 Å². The highest BCUT2D eigenvalue weighted by Gasteiger charge is 2.21. The van der Waals surface area contributed by atoms with E-state index in [2.05, 4.69) is 29.5 Å². The molecular weight excluding hydrogens is 290 g/mol. The van der Waals surface area contributed by atoms with Crippen molar-refractivity contribution in [3.63, 3.8) is 0 Å². The summed E-state index contributed by atoms with van der Waals surface area (Å²) in [7, 11) is 0. The molecule has 1 aromatic heterocycles. The van der Waals surface area contributed by atoms with E-state index in [0.717, 1.165) is 32.5 Å². The van der Waals surface area contributed by atoms with Crippen LogP contribution in [-0.4, -0.2) is 52.0 Å². The molecule has 0 atom stereocenters. The van der Waals surface area contributed by atoms with Gasteiger partial charge in [0.2, 0.25) is 0 Å². The first-order valence-corrected chi connectivity index (χ1v) is 7.53. The van der Waals surface area contributed by atoms with Crippen LogP contribution in [0.5, 0.6) is 0 Å². The molecule has 0 saturated carbocycles. The Hall–Kier alpha value is -1.14. The maximum absolute atomic E-state index is 12.4. The largest absolute Gasteiger partial charge is 0.337 e. The maximum Gasteiger partial charge on any atom is 0.276 e. The first-order valence-electron chi connectivity index (χ1n) is 7.53. The van der Waals surface area contributed by atoms with E-state index in [-0.39, 0.29) is 18.3 Å². The van der Waals surface area contributed by atoms with Crippen LogP contribution in [0.2, 0.25) is 0 Å². The van der Waals surface area contributed by atoms with Gasteiger partial charge in [0.1, 0.15) is 0 Å². The molecule has 7 heteroatoms. The molecule has 0 aliphatic carbocycles. The molecule has 1 N–H and O–H groups in total. The molecule has 1 aliphatic rings. The number of hydrogen-bond acceptors (Lipinski definition) is 4. The van der Waals surface area contributed by atoms with Crippen molar-refractivity contribution in [3.8, 4) is 0 Å². The van der Waals surface area contributed by atoms with Gasteiger partial charge in [-0.1, -0.05) is 19.1 Å². The Morgan fingerprint density at radius 2 is 2.14 bits per heavy atom. The quantitative estimate of drug-likeness (QED) is 0.899. The van der Waals surface area contributed by atoms with Crippen LogP contribution >= 0.6 is 12.4 Å². The van der Waals surface area contributed by atoms with Crippen molar-refractivity contribution in [1.82, 2.24) is 25.2 Å². The number of carbonyl (C=O) groups excluding carboxylic acids is 1. The first kappa shape index (κ1) is 17.9. The fourth-order valence-corrected chi connectivity index (χ4v) is 2.58. The van der Waals surface area contributed by atoms with E-state index < -0.39 is 0 Å². The second-order valence-corrected chi connectivity index (χ2v) is 5.80. The monoisotopic (exact) mass is 315 g/mol. The van der Waals surface area contributed by atoms with Gasteiger partial charge in [0.15, 0.2) is 5.69 Å². The average molecular weight is 316 g/mol. The average Bonchev–Trinajstić information content (AvgIpc) is 2.94. The molecule has 2 rings (SSSR count). The SMILES string of the molecule is CCN(CC(C)C)C(=O)c1cn(C2CCNCC2)nn1.Cl. The number of rotatable bonds is 5. The number of piperidine rings is 1. The third kappa shape index (κ3) is 4.68. The number of carbonyl (C=O) groups is 1. The summed E-state index contributed by atoms with van der Waals surface area (Å²) in [6, 6.07) is 0.366. The minimum atomic E-state index is -0.0126. The van der Waals surface area contributed by atoms with E-state index in [1.54, 1.807) is 6.20 Å². The third-order valence-electron chi connectivity index (χ3n) is 3.67. The van der Waals surface area contributed by atoms with E-state index in [4.69, 9.17) is 0 Å². The zero-order chi connectivity index (χ0) is 14.5. The predicted molar refractivity (Wildman–Crippen MR) is 84.8 cm³/mol. The van der Waals surface area contributed by atoms with Crippen LogP contribution < -0.4 is 5.32 Å². The van der Waals surface area contributed by atoms with E-state index in [0.29, 0.717) is 24.2 Å². The Balaban J connectivity index is 0.00000220. The van der Waals surface area contributed by atoms with E-state index in [1.807, 2.05) is 16.5 Å². The molecule has 1 amide bonds. The predicted octanol–water partition coefficient (Wildman–Crippen LogP) is 1.74. The van der Waals surface area contributed by atoms with Crippen molar-refractivity contribution in [3.05, 3.63) is 11.9 Å². The van der Waals surface area contributed by atoms with Crippen LogP contribution in [0.4, 0.5) is 0 Å². The smallest absolute Gasteiger partial charge is 0.276 e. The lowest BCUT2D eigenvalue weighted by Gasteiger charge is -2.22. The van der Waals surface area contributed by atoms with Crippen LogP contribution in [-0.2, 0) is 0 Å². The topological polar surface area (TPSA) is 63.1 Å². The summed E-state index contributed by atoms with van der Waals surface area (Å²) in [6.07, 6.45) is 3.89. The summed E-state index contributed by atoms with van der Waals surface area (Å²) in [6.45, 7) is 9.69. The molecule has 6 nitrogen and oxygen atoms in total. The fourth-order valence-electron chi connectivity index (χ4n) is 2.58. The second-order valence-electron chi connectivity index (χ2n) is 5.80. The van der Waals surface area contributed by atoms with Crippen molar-refractivity contribution in [2.75, 3.05) is 26.2 Å². The van der Waals surface area contributed by atoms with E-state index >= 15 is 0 Å². The molecule has 0 unspecified atom stereocenters. The van der Waals surface area contributed by atoms with Crippen LogP contribution in [0.15, 0.2) is 6.20 Å². The van der Waals surface area contributed by atoms with Gasteiger partial charge in [0.05, 0.1) is 12.2 Å². The molecule has 1 saturated heterocycles. The Bertz CT molecular complexity index is 442. The Labute approximate surface area is 132 Å². The lowest BCUT2D eigenvalue weighted by Crippen LogP contribution is -2.34. The van der Waals surface area contributed by atoms with Gasteiger partial charge in [0.25, 0.3) is 5.91 Å². The standard InChI is InChI=1S/C14H25N5O.ClH/c1-4-18(9-11(2)3)14(20)13-10-19(17-16-13)12-5-7-15-8-6-12;/h10-12,15H,4-9H2,1-3H3;1H. The molecule has 1 fully saturated rings. The fraction of sp³-hybridized carbons (Fsp3) is 0.786. The summed E-state index contributed by atoms with van der Waals surface area (Å²) in [5, 5.41) is 11.5. The van der Waals surface area contributed by atoms with E-state index in [1.165, 1.54) is 0 Å². The van der Waals surface area contributed by atoms with Crippen molar-refractivity contribution >= 4 is 18.3 Å². The zero-order valence-corrected chi connectivity index (χ0v) is 13.9. The molecule has 0 spiro atoms. The van der Waals surface area contributed by atoms with Crippen LogP contribution in [0.3, 0.4) is 0 Å². The number of aromatic nitrogens is 3. The summed E-state index contributed by atoms with van der Waals surface area (Å²) < 4.78 is 1.86. The van der Waals surface area contributed by atoms with Gasteiger partial charge < -0.3 is 10.2 Å². The van der Waals surface area contributed by atoms with Crippen LogP contribution in [0.25, 0.3) is 0 Å². The Morgan fingerprint density at radius 1 is 1.48 bits per heavy atom. The van der Waals surface area contributed by atoms with Gasteiger partial charge in [-0.3, -0.25) is 4.79 Å². The molecule has 0 radical (unpaired) electrons. The van der Waals surface area contributed by atoms with Crippen molar-refractivity contribution < 1.29 is 4.79 Å². The lowest BCUT2D eigenvalue weighted by atomic mass is 10.1. The zero-order valence-electron chi connectivity index (χ0n) is 13.1. The number of amides is 1. The summed E-state index contributed by atoms with van der Waals surface area (Å²) in [4.78, 5) is 14.2. The van der Waals surface area contributed by atoms with Gasteiger partial charge >= 0.3 is 0 Å². The lowest BCUT2D eigenvalue weighted by molar-refractivity contribution is 0.0739. The highest BCUT2D eigenvalue weighted by Crippen LogP contribution is 2.17. The molecule has 21 heavy (non-hydrogen) atoms. The molecule has 1 aliphatic heterocycles. The number of nitrogens with one attached hydrogen (secondary N) is 1. The third-order valence-corrected chi connectivity index (χ3v) is 3.67. The molecular formula is C14H26ClN5O. The first-order chi connectivity index (χ1) is 9.61. The summed E-state index contributed by atoms with van der Waals surface area (Å²) in [5.41, 5.74) is 0.464. The van der Waals surface area contributed by atoms with Crippen molar-refractivity contribution in [2.45, 2.75) is 39.7 Å². The highest BCUT2D eigenvalue weighted by molar-refractivity contribution is 5.91. The van der Waals surface area contributed by atoms with Crippen LogP contribution in [0.1, 0.15) is 50.1 Å². The Morgan fingerprint density at radius 3 is 2.71 bits per heavy atom. The molecule has 2 heterocycles. The van der Waals surface area contributed by atoms with Gasteiger partial charge in [-0.25, -0.2) is 4.68 Å². The molecule has 120 valence electrons. The number of nitrogens with zero attached hydrogens (tertiary/aromatic N) is 4. The minimum Gasteiger partial charge on any atom is -0.337 e.